The quantitative estimate of drug-likeness (QED) is 0.750. The van der Waals surface area contributed by atoms with E-state index in [1.54, 1.807) is 6.26 Å². The number of nitrogens with one attached hydrogen (secondary N) is 2. The number of furan rings is 1. The van der Waals surface area contributed by atoms with Gasteiger partial charge in [-0.3, -0.25) is 9.59 Å². The summed E-state index contributed by atoms with van der Waals surface area (Å²) in [6, 6.07) is 1.27. The highest BCUT2D eigenvalue weighted by Gasteiger charge is 2.24. The van der Waals surface area contributed by atoms with Crippen LogP contribution in [0.25, 0.3) is 0 Å². The minimum Gasteiger partial charge on any atom is -0.469 e. The van der Waals surface area contributed by atoms with E-state index in [1.165, 1.54) is 0 Å². The van der Waals surface area contributed by atoms with Crippen LogP contribution in [0, 0.1) is 5.92 Å². The van der Waals surface area contributed by atoms with Crippen molar-refractivity contribution in [1.29, 1.82) is 0 Å². The number of aryl methyl sites for hydroxylation is 1. The van der Waals surface area contributed by atoms with E-state index in [9.17, 15) is 9.59 Å². The Bertz CT molecular complexity index is 510. The van der Waals surface area contributed by atoms with Gasteiger partial charge in [0.05, 0.1) is 24.9 Å². The van der Waals surface area contributed by atoms with Crippen molar-refractivity contribution in [2.75, 3.05) is 6.54 Å². The average Bonchev–Trinajstić information content (AvgIpc) is 2.93. The number of rotatable bonds is 5. The maximum atomic E-state index is 11.9. The van der Waals surface area contributed by atoms with Crippen molar-refractivity contribution in [1.82, 2.24) is 10.6 Å². The van der Waals surface area contributed by atoms with Crippen LogP contribution >= 0.6 is 0 Å². The zero-order valence-electron chi connectivity index (χ0n) is 12.5. The van der Waals surface area contributed by atoms with Crippen molar-refractivity contribution < 1.29 is 14.0 Å². The van der Waals surface area contributed by atoms with Crippen LogP contribution in [0.5, 0.6) is 0 Å². The van der Waals surface area contributed by atoms with Crippen LogP contribution in [0.1, 0.15) is 44.1 Å². The number of carbonyl (C=O) groups is 2. The lowest BCUT2D eigenvalue weighted by atomic mass is 9.93. The lowest BCUT2D eigenvalue weighted by molar-refractivity contribution is -0.127. The molecule has 0 radical (unpaired) electrons. The molecule has 2 amide bonds. The van der Waals surface area contributed by atoms with E-state index in [2.05, 4.69) is 10.6 Å². The third-order valence-electron chi connectivity index (χ3n) is 3.83. The molecular formula is C15H23N3O3. The molecule has 21 heavy (non-hydrogen) atoms. The predicted octanol–water partition coefficient (Wildman–Crippen LogP) is 0.873. The van der Waals surface area contributed by atoms with Crippen molar-refractivity contribution in [2.24, 2.45) is 11.7 Å². The Morgan fingerprint density at radius 3 is 2.95 bits per heavy atom. The molecule has 116 valence electrons. The molecule has 2 rings (SSSR count). The molecule has 1 heterocycles. The number of hydrogen-bond donors (Lipinski definition) is 3. The summed E-state index contributed by atoms with van der Waals surface area (Å²) in [7, 11) is 0. The monoisotopic (exact) mass is 293 g/mol. The van der Waals surface area contributed by atoms with Gasteiger partial charge in [0.1, 0.15) is 5.76 Å². The molecule has 0 aromatic carbocycles. The second-order valence-electron chi connectivity index (χ2n) is 5.80. The highest BCUT2D eigenvalue weighted by atomic mass is 16.3. The van der Waals surface area contributed by atoms with Crippen molar-refractivity contribution in [3.8, 4) is 0 Å². The fraction of sp³-hybridized carbons (Fsp3) is 0.600. The van der Waals surface area contributed by atoms with Gasteiger partial charge >= 0.3 is 0 Å². The summed E-state index contributed by atoms with van der Waals surface area (Å²) in [6.45, 7) is 3.68. The SMILES string of the molecule is CC(C)[C@H](N)C(=O)NCC(=O)NC1CCCc2occc21. The summed E-state index contributed by atoms with van der Waals surface area (Å²) in [5, 5.41) is 5.50. The fourth-order valence-corrected chi connectivity index (χ4v) is 2.47. The van der Waals surface area contributed by atoms with Crippen molar-refractivity contribution in [3.63, 3.8) is 0 Å². The summed E-state index contributed by atoms with van der Waals surface area (Å²) < 4.78 is 5.39. The van der Waals surface area contributed by atoms with Gasteiger partial charge in [0.2, 0.25) is 11.8 Å². The van der Waals surface area contributed by atoms with Crippen LogP contribution in [0.2, 0.25) is 0 Å². The standard InChI is InChI=1S/C15H23N3O3/c1-9(2)14(16)15(20)17-8-13(19)18-11-4-3-5-12-10(11)6-7-21-12/h6-7,9,11,14H,3-5,8,16H2,1-2H3,(H,17,20)(H,18,19)/t11?,14-/m0/s1. The van der Waals surface area contributed by atoms with Crippen molar-refractivity contribution in [3.05, 3.63) is 23.7 Å². The van der Waals surface area contributed by atoms with Crippen LogP contribution < -0.4 is 16.4 Å². The van der Waals surface area contributed by atoms with Crippen LogP contribution in [0.15, 0.2) is 16.7 Å². The molecule has 1 aromatic heterocycles. The topological polar surface area (TPSA) is 97.4 Å². The first-order valence-corrected chi connectivity index (χ1v) is 7.38. The molecule has 0 saturated carbocycles. The number of nitrogens with two attached hydrogens (primary N) is 1. The largest absolute Gasteiger partial charge is 0.469 e. The fourth-order valence-electron chi connectivity index (χ4n) is 2.47. The number of carbonyl (C=O) groups excluding carboxylic acids is 2. The van der Waals surface area contributed by atoms with Crippen molar-refractivity contribution in [2.45, 2.75) is 45.2 Å². The minimum atomic E-state index is -0.590. The molecule has 6 heteroatoms. The molecule has 1 aliphatic carbocycles. The average molecular weight is 293 g/mol. The Hall–Kier alpha value is -1.82. The van der Waals surface area contributed by atoms with Gasteiger partial charge in [-0.05, 0) is 24.8 Å². The van der Waals surface area contributed by atoms with Gasteiger partial charge in [0.15, 0.2) is 0 Å². The molecule has 2 atom stereocenters. The second-order valence-corrected chi connectivity index (χ2v) is 5.80. The molecular weight excluding hydrogens is 270 g/mol. The zero-order chi connectivity index (χ0) is 15.4. The van der Waals surface area contributed by atoms with Crippen molar-refractivity contribution >= 4 is 11.8 Å². The summed E-state index contributed by atoms with van der Waals surface area (Å²) in [6.07, 6.45) is 4.43. The highest BCUT2D eigenvalue weighted by Crippen LogP contribution is 2.30. The summed E-state index contributed by atoms with van der Waals surface area (Å²) >= 11 is 0. The Morgan fingerprint density at radius 1 is 1.48 bits per heavy atom. The first kappa shape index (κ1) is 15.6. The van der Waals surface area contributed by atoms with E-state index in [-0.39, 0.29) is 30.3 Å². The maximum Gasteiger partial charge on any atom is 0.239 e. The highest BCUT2D eigenvalue weighted by molar-refractivity contribution is 5.87. The summed E-state index contributed by atoms with van der Waals surface area (Å²) in [4.78, 5) is 23.6. The summed E-state index contributed by atoms with van der Waals surface area (Å²) in [5.74, 6) is 0.475. The third kappa shape index (κ3) is 3.85. The number of hydrogen-bond acceptors (Lipinski definition) is 4. The van der Waals surface area contributed by atoms with Gasteiger partial charge in [-0.2, -0.15) is 0 Å². The van der Waals surface area contributed by atoms with E-state index >= 15 is 0 Å². The Kier molecular flexibility index (Phi) is 5.01. The number of fused-ring (bicyclic) bond motifs is 1. The molecule has 0 fully saturated rings. The zero-order valence-corrected chi connectivity index (χ0v) is 12.5. The maximum absolute atomic E-state index is 11.9. The lowest BCUT2D eigenvalue weighted by Gasteiger charge is -2.23. The number of amides is 2. The normalized spacial score (nSPS) is 19.0. The molecule has 1 aromatic rings. The molecule has 0 aliphatic heterocycles. The van der Waals surface area contributed by atoms with E-state index in [4.69, 9.17) is 10.2 Å². The molecule has 0 saturated heterocycles. The smallest absolute Gasteiger partial charge is 0.239 e. The van der Waals surface area contributed by atoms with E-state index in [1.807, 2.05) is 19.9 Å². The van der Waals surface area contributed by atoms with Gasteiger partial charge < -0.3 is 20.8 Å². The minimum absolute atomic E-state index is 0.0318. The third-order valence-corrected chi connectivity index (χ3v) is 3.83. The molecule has 4 N–H and O–H groups in total. The van der Waals surface area contributed by atoms with E-state index in [0.29, 0.717) is 0 Å². The van der Waals surface area contributed by atoms with E-state index in [0.717, 1.165) is 30.6 Å². The van der Waals surface area contributed by atoms with Crippen LogP contribution in [0.4, 0.5) is 0 Å². The Labute approximate surface area is 124 Å². The van der Waals surface area contributed by atoms with Gasteiger partial charge in [-0.25, -0.2) is 0 Å². The van der Waals surface area contributed by atoms with Gasteiger partial charge in [-0.15, -0.1) is 0 Å². The molecule has 0 bridgehead atoms. The van der Waals surface area contributed by atoms with Gasteiger partial charge in [-0.1, -0.05) is 13.8 Å². The molecule has 0 spiro atoms. The summed E-state index contributed by atoms with van der Waals surface area (Å²) in [5.41, 5.74) is 6.77. The Balaban J connectivity index is 1.82. The second kappa shape index (κ2) is 6.76. The predicted molar refractivity (Wildman–Crippen MR) is 78.4 cm³/mol. The molecule has 1 aliphatic rings. The lowest BCUT2D eigenvalue weighted by Crippen LogP contribution is -2.47. The van der Waals surface area contributed by atoms with Crippen LogP contribution in [0.3, 0.4) is 0 Å². The van der Waals surface area contributed by atoms with E-state index < -0.39 is 6.04 Å². The van der Waals surface area contributed by atoms with Crippen LogP contribution in [-0.2, 0) is 16.0 Å². The first-order valence-electron chi connectivity index (χ1n) is 7.38. The molecule has 1 unspecified atom stereocenters. The Morgan fingerprint density at radius 2 is 2.24 bits per heavy atom. The van der Waals surface area contributed by atoms with Crippen LogP contribution in [-0.4, -0.2) is 24.4 Å². The van der Waals surface area contributed by atoms with Gasteiger partial charge in [0.25, 0.3) is 0 Å². The first-order chi connectivity index (χ1) is 9.99. The molecule has 6 nitrogen and oxygen atoms in total. The van der Waals surface area contributed by atoms with Gasteiger partial charge in [0, 0.05) is 12.0 Å².